The van der Waals surface area contributed by atoms with Crippen LogP contribution in [0, 0.1) is 0 Å². The molecule has 0 unspecified atom stereocenters. The van der Waals surface area contributed by atoms with Crippen LogP contribution < -0.4 is 10.3 Å². The minimum atomic E-state index is -0.298. The number of benzene rings is 2. The summed E-state index contributed by atoms with van der Waals surface area (Å²) in [4.78, 5) is 17.2. The molecule has 0 spiro atoms. The van der Waals surface area contributed by atoms with Gasteiger partial charge >= 0.3 is 0 Å². The van der Waals surface area contributed by atoms with Crippen molar-refractivity contribution >= 4 is 34.4 Å². The molecule has 4 rings (SSSR count). The number of rotatable bonds is 5. The smallest absolute Gasteiger partial charge is 0.283 e. The quantitative estimate of drug-likeness (QED) is 0.496. The van der Waals surface area contributed by atoms with Gasteiger partial charge in [-0.05, 0) is 48.9 Å². The van der Waals surface area contributed by atoms with Crippen LogP contribution in [0.15, 0.2) is 53.6 Å². The van der Waals surface area contributed by atoms with Crippen molar-refractivity contribution in [2.45, 2.75) is 13.5 Å². The van der Waals surface area contributed by atoms with Crippen molar-refractivity contribution in [3.63, 3.8) is 0 Å². The van der Waals surface area contributed by atoms with Gasteiger partial charge in [0, 0.05) is 10.0 Å². The Labute approximate surface area is 170 Å². The van der Waals surface area contributed by atoms with Gasteiger partial charge in [-0.15, -0.1) is 5.10 Å². The molecule has 0 aliphatic rings. The Morgan fingerprint density at radius 2 is 1.89 bits per heavy atom. The molecule has 0 saturated carbocycles. The fraction of sp³-hybridized carbons (Fsp3) is 0.158. The lowest BCUT2D eigenvalue weighted by Gasteiger charge is -2.08. The third kappa shape index (κ3) is 3.46. The molecular formula is C19H15Cl2N5O2. The van der Waals surface area contributed by atoms with Crippen LogP contribution in [0.5, 0.6) is 5.75 Å². The maximum Gasteiger partial charge on any atom is 0.283 e. The van der Waals surface area contributed by atoms with Crippen LogP contribution in [0.3, 0.4) is 0 Å². The van der Waals surface area contributed by atoms with E-state index >= 15 is 0 Å². The molecule has 0 saturated heterocycles. The standard InChI is InChI=1S/C19H15Cl2N5O2/c1-2-28-15-7-5-14(6-8-15)26-18-17(23-24-26)19(27)25(11-22-18)10-12-3-4-13(20)9-16(12)21/h3-9,11H,2,10H2,1H3. The lowest BCUT2D eigenvalue weighted by atomic mass is 10.2. The van der Waals surface area contributed by atoms with Crippen molar-refractivity contribution in [3.05, 3.63) is 74.8 Å². The van der Waals surface area contributed by atoms with Crippen molar-refractivity contribution in [1.29, 1.82) is 0 Å². The first-order valence-electron chi connectivity index (χ1n) is 8.55. The molecule has 142 valence electrons. The number of aromatic nitrogens is 5. The van der Waals surface area contributed by atoms with Gasteiger partial charge in [0.25, 0.3) is 5.56 Å². The average Bonchev–Trinajstić information content (AvgIpc) is 3.12. The summed E-state index contributed by atoms with van der Waals surface area (Å²) in [5, 5.41) is 9.13. The number of hydrogen-bond donors (Lipinski definition) is 0. The van der Waals surface area contributed by atoms with Crippen LogP contribution >= 0.6 is 23.2 Å². The van der Waals surface area contributed by atoms with E-state index < -0.39 is 0 Å². The number of halogens is 2. The van der Waals surface area contributed by atoms with E-state index in [4.69, 9.17) is 27.9 Å². The molecule has 0 aliphatic carbocycles. The monoisotopic (exact) mass is 415 g/mol. The highest BCUT2D eigenvalue weighted by Gasteiger charge is 2.14. The Kier molecular flexibility index (Phi) is 5.02. The van der Waals surface area contributed by atoms with Crippen molar-refractivity contribution in [1.82, 2.24) is 24.5 Å². The Hall–Kier alpha value is -2.90. The maximum absolute atomic E-state index is 12.8. The number of nitrogens with zero attached hydrogens (tertiary/aromatic N) is 5. The van der Waals surface area contributed by atoms with Crippen LogP contribution in [0.4, 0.5) is 0 Å². The first kappa shape index (κ1) is 18.5. The van der Waals surface area contributed by atoms with Crippen LogP contribution in [-0.2, 0) is 6.54 Å². The molecule has 4 aromatic rings. The zero-order valence-corrected chi connectivity index (χ0v) is 16.4. The number of fused-ring (bicyclic) bond motifs is 1. The predicted molar refractivity (Wildman–Crippen MR) is 108 cm³/mol. The van der Waals surface area contributed by atoms with Gasteiger partial charge in [0.15, 0.2) is 11.2 Å². The fourth-order valence-corrected chi connectivity index (χ4v) is 3.28. The van der Waals surface area contributed by atoms with Gasteiger partial charge in [-0.2, -0.15) is 4.68 Å². The highest BCUT2D eigenvalue weighted by molar-refractivity contribution is 6.35. The van der Waals surface area contributed by atoms with Crippen molar-refractivity contribution in [2.75, 3.05) is 6.61 Å². The highest BCUT2D eigenvalue weighted by atomic mass is 35.5. The van der Waals surface area contributed by atoms with E-state index in [1.807, 2.05) is 31.2 Å². The van der Waals surface area contributed by atoms with Crippen LogP contribution in [0.1, 0.15) is 12.5 Å². The van der Waals surface area contributed by atoms with Gasteiger partial charge in [0.2, 0.25) is 0 Å². The Morgan fingerprint density at radius 1 is 1.11 bits per heavy atom. The average molecular weight is 416 g/mol. The second-order valence-corrected chi connectivity index (χ2v) is 6.86. The molecule has 0 bridgehead atoms. The Morgan fingerprint density at radius 3 is 2.61 bits per heavy atom. The van der Waals surface area contributed by atoms with Gasteiger partial charge in [0.1, 0.15) is 12.1 Å². The fourth-order valence-electron chi connectivity index (χ4n) is 2.81. The molecule has 0 fully saturated rings. The molecule has 7 nitrogen and oxygen atoms in total. The number of hydrogen-bond acceptors (Lipinski definition) is 5. The summed E-state index contributed by atoms with van der Waals surface area (Å²) in [7, 11) is 0. The summed E-state index contributed by atoms with van der Waals surface area (Å²) < 4.78 is 8.40. The van der Waals surface area contributed by atoms with E-state index in [1.165, 1.54) is 15.6 Å². The summed E-state index contributed by atoms with van der Waals surface area (Å²) in [6.45, 7) is 2.77. The zero-order chi connectivity index (χ0) is 19.7. The van der Waals surface area contributed by atoms with Crippen LogP contribution in [-0.4, -0.2) is 31.2 Å². The van der Waals surface area contributed by atoms with E-state index in [-0.39, 0.29) is 17.6 Å². The van der Waals surface area contributed by atoms with E-state index in [0.29, 0.717) is 22.3 Å². The maximum atomic E-state index is 12.8. The molecular weight excluding hydrogens is 401 g/mol. The second-order valence-electron chi connectivity index (χ2n) is 6.01. The summed E-state index contributed by atoms with van der Waals surface area (Å²) in [6.07, 6.45) is 1.46. The lowest BCUT2D eigenvalue weighted by Crippen LogP contribution is -2.21. The minimum Gasteiger partial charge on any atom is -0.494 e. The Balaban J connectivity index is 1.70. The molecule has 2 aromatic heterocycles. The normalized spacial score (nSPS) is 11.1. The molecule has 28 heavy (non-hydrogen) atoms. The summed E-state index contributed by atoms with van der Waals surface area (Å²) >= 11 is 12.1. The van der Waals surface area contributed by atoms with Crippen LogP contribution in [0.2, 0.25) is 10.0 Å². The molecule has 0 N–H and O–H groups in total. The van der Waals surface area contributed by atoms with Gasteiger partial charge in [0.05, 0.1) is 18.8 Å². The van der Waals surface area contributed by atoms with Crippen molar-refractivity contribution < 1.29 is 4.74 Å². The van der Waals surface area contributed by atoms with Crippen LogP contribution in [0.25, 0.3) is 16.9 Å². The molecule has 0 amide bonds. The van der Waals surface area contributed by atoms with E-state index in [2.05, 4.69) is 15.3 Å². The molecule has 0 atom stereocenters. The third-order valence-corrected chi connectivity index (χ3v) is 4.76. The van der Waals surface area contributed by atoms with Gasteiger partial charge in [-0.3, -0.25) is 9.36 Å². The minimum absolute atomic E-state index is 0.182. The van der Waals surface area contributed by atoms with Gasteiger partial charge in [-0.25, -0.2) is 4.98 Å². The molecule has 2 heterocycles. The largest absolute Gasteiger partial charge is 0.494 e. The Bertz CT molecular complexity index is 1200. The SMILES string of the molecule is CCOc1ccc(-n2nnc3c(=O)n(Cc4ccc(Cl)cc4Cl)cnc32)cc1. The van der Waals surface area contributed by atoms with Crippen molar-refractivity contribution in [3.8, 4) is 11.4 Å². The van der Waals surface area contributed by atoms with E-state index in [1.54, 1.807) is 18.2 Å². The second kappa shape index (κ2) is 7.61. The van der Waals surface area contributed by atoms with Gasteiger partial charge in [-0.1, -0.05) is 34.5 Å². The molecule has 0 aliphatic heterocycles. The van der Waals surface area contributed by atoms with E-state index in [9.17, 15) is 4.79 Å². The molecule has 0 radical (unpaired) electrons. The third-order valence-electron chi connectivity index (χ3n) is 4.18. The predicted octanol–water partition coefficient (Wildman–Crippen LogP) is 3.73. The molecule has 2 aromatic carbocycles. The van der Waals surface area contributed by atoms with E-state index in [0.717, 1.165) is 17.0 Å². The van der Waals surface area contributed by atoms with Gasteiger partial charge < -0.3 is 4.74 Å². The summed E-state index contributed by atoms with van der Waals surface area (Å²) in [6, 6.07) is 12.5. The van der Waals surface area contributed by atoms with Crippen molar-refractivity contribution in [2.24, 2.45) is 0 Å². The highest BCUT2D eigenvalue weighted by Crippen LogP contribution is 2.22. The first-order chi connectivity index (χ1) is 13.6. The topological polar surface area (TPSA) is 74.8 Å². The lowest BCUT2D eigenvalue weighted by molar-refractivity contribution is 0.340. The summed E-state index contributed by atoms with van der Waals surface area (Å²) in [5.41, 5.74) is 1.76. The first-order valence-corrected chi connectivity index (χ1v) is 9.30. The molecule has 9 heteroatoms. The summed E-state index contributed by atoms with van der Waals surface area (Å²) in [5.74, 6) is 0.755. The number of ether oxygens (including phenoxy) is 1. The zero-order valence-electron chi connectivity index (χ0n) is 14.8.